The van der Waals surface area contributed by atoms with Crippen LogP contribution >= 0.6 is 0 Å². The maximum atomic E-state index is 11.4. The third kappa shape index (κ3) is 11.1. The van der Waals surface area contributed by atoms with E-state index in [1.54, 1.807) is 13.8 Å². The van der Waals surface area contributed by atoms with E-state index in [1.807, 2.05) is 84.9 Å². The van der Waals surface area contributed by atoms with Gasteiger partial charge in [-0.15, -0.1) is 10.2 Å². The molecule has 0 atom stereocenters. The number of ether oxygens (including phenoxy) is 4. The van der Waals surface area contributed by atoms with Crippen LogP contribution in [0.1, 0.15) is 52.4 Å². The molecule has 240 valence electrons. The Labute approximate surface area is 269 Å². The Morgan fingerprint density at radius 2 is 0.935 bits per heavy atom. The number of hydrogen-bond donors (Lipinski definition) is 0. The molecule has 10 heteroatoms. The fraction of sp³-hybridized carbons (Fsp3) is 0.333. The maximum absolute atomic E-state index is 11.4. The third-order valence-corrected chi connectivity index (χ3v) is 6.80. The highest BCUT2D eigenvalue weighted by Crippen LogP contribution is 2.35. The summed E-state index contributed by atoms with van der Waals surface area (Å²) in [5.74, 6) is 1.13. The summed E-state index contributed by atoms with van der Waals surface area (Å²) in [6.07, 6.45) is 3.80. The number of rotatable bonds is 18. The predicted molar refractivity (Wildman–Crippen MR) is 177 cm³/mol. The number of fused-ring (bicyclic) bond motifs is 1. The van der Waals surface area contributed by atoms with E-state index in [0.29, 0.717) is 50.6 Å². The predicted octanol–water partition coefficient (Wildman–Crippen LogP) is 9.89. The molecule has 0 fully saturated rings. The van der Waals surface area contributed by atoms with E-state index in [-0.39, 0.29) is 11.9 Å². The number of unbranched alkanes of at least 4 members (excludes halogenated alkanes) is 2. The van der Waals surface area contributed by atoms with Gasteiger partial charge in [-0.1, -0.05) is 24.3 Å². The standard InChI is InChI=1S/C36H40N4O6/c1-3-43-35(41)13-7-9-25-45-29-19-15-27(16-20-29)37-39-33-23-24-34(32-12-6-5-11-31(32)33)40-38-28-17-21-30(22-18-28)46-26-10-8-14-36(42)44-4-2/h5-6,11-12,15-24H,3-4,7-10,13-14,25-26H2,1-2H3/b39-37+,40-38+. The Balaban J connectivity index is 1.30. The molecule has 0 N–H and O–H groups in total. The summed E-state index contributed by atoms with van der Waals surface area (Å²) in [7, 11) is 0. The van der Waals surface area contributed by atoms with Crippen LogP contribution in [0.5, 0.6) is 11.5 Å². The summed E-state index contributed by atoms with van der Waals surface area (Å²) in [6.45, 7) is 5.47. The van der Waals surface area contributed by atoms with E-state index in [9.17, 15) is 9.59 Å². The van der Waals surface area contributed by atoms with Gasteiger partial charge >= 0.3 is 11.9 Å². The molecule has 0 radical (unpaired) electrons. The molecule has 4 aromatic carbocycles. The van der Waals surface area contributed by atoms with Crippen LogP contribution in [0.25, 0.3) is 10.8 Å². The van der Waals surface area contributed by atoms with Crippen LogP contribution in [0, 0.1) is 0 Å². The summed E-state index contributed by atoms with van der Waals surface area (Å²) >= 11 is 0. The van der Waals surface area contributed by atoms with Gasteiger partial charge in [0.2, 0.25) is 0 Å². The SMILES string of the molecule is CCOC(=O)CCCCOc1ccc(/N=N/c2ccc(/N=N/c3ccc(OCCCCC(=O)OCC)cc3)c3ccccc23)cc1. The minimum Gasteiger partial charge on any atom is -0.494 e. The quantitative estimate of drug-likeness (QED) is 0.0617. The molecule has 46 heavy (non-hydrogen) atoms. The van der Waals surface area contributed by atoms with Crippen LogP contribution < -0.4 is 9.47 Å². The van der Waals surface area contributed by atoms with Crippen molar-refractivity contribution in [2.75, 3.05) is 26.4 Å². The third-order valence-electron chi connectivity index (χ3n) is 6.80. The molecule has 4 aromatic rings. The van der Waals surface area contributed by atoms with Crippen LogP contribution in [0.2, 0.25) is 0 Å². The second-order valence-electron chi connectivity index (χ2n) is 10.3. The summed E-state index contributed by atoms with van der Waals surface area (Å²) in [5, 5.41) is 19.7. The van der Waals surface area contributed by atoms with Crippen molar-refractivity contribution in [3.63, 3.8) is 0 Å². The fourth-order valence-corrected chi connectivity index (χ4v) is 4.47. The number of nitrogens with zero attached hydrogens (tertiary/aromatic N) is 4. The average Bonchev–Trinajstić information content (AvgIpc) is 3.07. The van der Waals surface area contributed by atoms with Crippen molar-refractivity contribution < 1.29 is 28.5 Å². The largest absolute Gasteiger partial charge is 0.494 e. The maximum Gasteiger partial charge on any atom is 0.305 e. The van der Waals surface area contributed by atoms with E-state index in [0.717, 1.165) is 59.3 Å². The molecule has 4 rings (SSSR count). The van der Waals surface area contributed by atoms with Crippen molar-refractivity contribution in [3.05, 3.63) is 84.9 Å². The molecule has 0 unspecified atom stereocenters. The number of hydrogen-bond acceptors (Lipinski definition) is 10. The highest BCUT2D eigenvalue weighted by atomic mass is 16.5. The van der Waals surface area contributed by atoms with E-state index < -0.39 is 0 Å². The minimum atomic E-state index is -0.171. The summed E-state index contributed by atoms with van der Waals surface area (Å²) < 4.78 is 21.4. The molecular formula is C36H40N4O6. The van der Waals surface area contributed by atoms with Gasteiger partial charge in [0.15, 0.2) is 0 Å². The van der Waals surface area contributed by atoms with E-state index in [4.69, 9.17) is 18.9 Å². The van der Waals surface area contributed by atoms with Gasteiger partial charge in [0.05, 0.1) is 49.2 Å². The Bertz CT molecular complexity index is 1480. The molecule has 10 nitrogen and oxygen atoms in total. The van der Waals surface area contributed by atoms with E-state index in [2.05, 4.69) is 20.5 Å². The van der Waals surface area contributed by atoms with E-state index >= 15 is 0 Å². The van der Waals surface area contributed by atoms with Gasteiger partial charge in [0.25, 0.3) is 0 Å². The van der Waals surface area contributed by atoms with Gasteiger partial charge in [0, 0.05) is 23.6 Å². The van der Waals surface area contributed by atoms with Crippen molar-refractivity contribution in [3.8, 4) is 11.5 Å². The van der Waals surface area contributed by atoms with E-state index in [1.165, 1.54) is 0 Å². The first kappa shape index (κ1) is 33.8. The first-order chi connectivity index (χ1) is 22.6. The van der Waals surface area contributed by atoms with Gasteiger partial charge in [0.1, 0.15) is 11.5 Å². The first-order valence-corrected chi connectivity index (χ1v) is 15.7. The number of azo groups is 2. The van der Waals surface area contributed by atoms with Crippen molar-refractivity contribution in [1.29, 1.82) is 0 Å². The van der Waals surface area contributed by atoms with Gasteiger partial charge in [-0.05, 0) is 100 Å². The van der Waals surface area contributed by atoms with Gasteiger partial charge in [-0.3, -0.25) is 9.59 Å². The molecule has 0 saturated heterocycles. The second-order valence-corrected chi connectivity index (χ2v) is 10.3. The Kier molecular flexibility index (Phi) is 13.7. The molecule has 0 saturated carbocycles. The molecule has 0 aromatic heterocycles. The smallest absolute Gasteiger partial charge is 0.305 e. The number of carbonyl (C=O) groups is 2. The Morgan fingerprint density at radius 3 is 1.33 bits per heavy atom. The van der Waals surface area contributed by atoms with Crippen LogP contribution in [0.15, 0.2) is 105 Å². The summed E-state index contributed by atoms with van der Waals surface area (Å²) in [4.78, 5) is 22.8. The van der Waals surface area contributed by atoms with Crippen molar-refractivity contribution in [2.24, 2.45) is 20.5 Å². The lowest BCUT2D eigenvalue weighted by atomic mass is 10.1. The topological polar surface area (TPSA) is 121 Å². The highest BCUT2D eigenvalue weighted by molar-refractivity contribution is 5.99. The second kappa shape index (κ2) is 18.6. The Morgan fingerprint density at radius 1 is 0.522 bits per heavy atom. The number of esters is 2. The monoisotopic (exact) mass is 624 g/mol. The first-order valence-electron chi connectivity index (χ1n) is 15.7. The zero-order valence-corrected chi connectivity index (χ0v) is 26.4. The molecular weight excluding hydrogens is 584 g/mol. The van der Waals surface area contributed by atoms with Crippen LogP contribution in [-0.2, 0) is 19.1 Å². The molecule has 0 aliphatic rings. The zero-order valence-electron chi connectivity index (χ0n) is 26.4. The summed E-state index contributed by atoms with van der Waals surface area (Å²) in [5.41, 5.74) is 2.85. The lowest BCUT2D eigenvalue weighted by Crippen LogP contribution is -2.05. The van der Waals surface area contributed by atoms with Crippen LogP contribution in [0.3, 0.4) is 0 Å². The highest BCUT2D eigenvalue weighted by Gasteiger charge is 2.07. The number of carbonyl (C=O) groups excluding carboxylic acids is 2. The van der Waals surface area contributed by atoms with Gasteiger partial charge in [-0.25, -0.2) is 0 Å². The number of benzene rings is 4. The van der Waals surface area contributed by atoms with Gasteiger partial charge < -0.3 is 18.9 Å². The minimum absolute atomic E-state index is 0.171. The molecule has 0 amide bonds. The molecule has 0 bridgehead atoms. The van der Waals surface area contributed by atoms with Crippen molar-refractivity contribution in [1.82, 2.24) is 0 Å². The lowest BCUT2D eigenvalue weighted by Gasteiger charge is -2.07. The van der Waals surface area contributed by atoms with Crippen LogP contribution in [-0.4, -0.2) is 38.4 Å². The Hall–Kier alpha value is -5.12. The fourth-order valence-electron chi connectivity index (χ4n) is 4.47. The zero-order chi connectivity index (χ0) is 32.4. The van der Waals surface area contributed by atoms with Crippen molar-refractivity contribution >= 4 is 45.5 Å². The average molecular weight is 625 g/mol. The van der Waals surface area contributed by atoms with Crippen LogP contribution in [0.4, 0.5) is 22.7 Å². The molecule has 0 aliphatic heterocycles. The normalized spacial score (nSPS) is 11.3. The van der Waals surface area contributed by atoms with Gasteiger partial charge in [-0.2, -0.15) is 10.2 Å². The molecule has 0 spiro atoms. The summed E-state index contributed by atoms with van der Waals surface area (Å²) in [6, 6.07) is 26.5. The molecule has 0 heterocycles. The molecule has 0 aliphatic carbocycles. The lowest BCUT2D eigenvalue weighted by molar-refractivity contribution is -0.144. The van der Waals surface area contributed by atoms with Crippen molar-refractivity contribution in [2.45, 2.75) is 52.4 Å².